The number of alkyl halides is 1. The highest BCUT2D eigenvalue weighted by atomic mass is 79.9. The fourth-order valence-electron chi connectivity index (χ4n) is 2.71. The largest absolute Gasteiger partial charge is 0.131 e. The van der Waals surface area contributed by atoms with Gasteiger partial charge in [-0.15, -0.1) is 22.9 Å². The lowest BCUT2D eigenvalue weighted by Gasteiger charge is -2.30. The van der Waals surface area contributed by atoms with Gasteiger partial charge in [-0.25, -0.2) is 0 Å². The molecule has 0 aromatic carbocycles. The Morgan fingerprint density at radius 1 is 1.56 bits per heavy atom. The van der Waals surface area contributed by atoms with E-state index in [-0.39, 0.29) is 5.38 Å². The Labute approximate surface area is 116 Å². The summed E-state index contributed by atoms with van der Waals surface area (Å²) >= 11 is 12.0. The van der Waals surface area contributed by atoms with E-state index in [0.29, 0.717) is 11.3 Å². The summed E-state index contributed by atoms with van der Waals surface area (Å²) in [6.45, 7) is 6.85. The molecule has 90 valence electrons. The molecule has 0 spiro atoms. The van der Waals surface area contributed by atoms with Crippen molar-refractivity contribution in [3.05, 3.63) is 20.3 Å². The molecule has 0 saturated heterocycles. The van der Waals surface area contributed by atoms with Crippen LogP contribution in [-0.2, 0) is 0 Å². The molecule has 1 saturated carbocycles. The molecule has 1 heterocycles. The molecule has 1 aliphatic rings. The molecule has 1 aliphatic carbocycles. The Kier molecular flexibility index (Phi) is 3.73. The van der Waals surface area contributed by atoms with Gasteiger partial charge in [0.2, 0.25) is 0 Å². The Balaban J connectivity index is 2.22. The Bertz CT molecular complexity index is 364. The highest BCUT2D eigenvalue weighted by Crippen LogP contribution is 2.52. The molecule has 0 radical (unpaired) electrons. The number of thiophene rings is 1. The molecule has 1 fully saturated rings. The summed E-state index contributed by atoms with van der Waals surface area (Å²) in [7, 11) is 0. The van der Waals surface area contributed by atoms with Crippen molar-refractivity contribution in [3.8, 4) is 0 Å². The number of halogens is 2. The number of hydrogen-bond donors (Lipinski definition) is 0. The maximum Gasteiger partial charge on any atom is 0.0731 e. The van der Waals surface area contributed by atoms with Crippen molar-refractivity contribution < 1.29 is 0 Å². The minimum absolute atomic E-state index is 0.188. The number of hydrogen-bond acceptors (Lipinski definition) is 1. The summed E-state index contributed by atoms with van der Waals surface area (Å²) in [5.74, 6) is 0.624. The molecule has 0 amide bonds. The van der Waals surface area contributed by atoms with Crippen LogP contribution in [0.2, 0.25) is 0 Å². The van der Waals surface area contributed by atoms with E-state index in [2.05, 4.69) is 42.8 Å². The standard InChI is InChI=1S/C13H18BrClS/c1-8-7-10(16-12(8)14)11(15)9-5-4-6-13(9,2)3/h7,9,11H,4-6H2,1-3H3. The van der Waals surface area contributed by atoms with Crippen molar-refractivity contribution in [1.82, 2.24) is 0 Å². The second-order valence-corrected chi connectivity index (χ2v) is 8.37. The van der Waals surface area contributed by atoms with Crippen LogP contribution in [-0.4, -0.2) is 0 Å². The molecule has 1 aromatic heterocycles. The van der Waals surface area contributed by atoms with Gasteiger partial charge in [-0.1, -0.05) is 20.3 Å². The Morgan fingerprint density at radius 2 is 2.25 bits per heavy atom. The number of rotatable bonds is 2. The van der Waals surface area contributed by atoms with E-state index in [1.54, 1.807) is 11.3 Å². The zero-order valence-electron chi connectivity index (χ0n) is 10.0. The fourth-order valence-corrected chi connectivity index (χ4v) is 4.99. The van der Waals surface area contributed by atoms with Crippen molar-refractivity contribution >= 4 is 38.9 Å². The second kappa shape index (κ2) is 4.62. The average molecular weight is 322 g/mol. The molecule has 0 N–H and O–H groups in total. The smallest absolute Gasteiger partial charge is 0.0731 e. The van der Waals surface area contributed by atoms with E-state index in [1.807, 2.05) is 0 Å². The highest BCUT2D eigenvalue weighted by Gasteiger charge is 2.39. The maximum atomic E-state index is 6.67. The molecule has 16 heavy (non-hydrogen) atoms. The van der Waals surface area contributed by atoms with Gasteiger partial charge in [0, 0.05) is 4.88 Å². The Hall–Kier alpha value is 0.470. The summed E-state index contributed by atoms with van der Waals surface area (Å²) in [4.78, 5) is 1.33. The quantitative estimate of drug-likeness (QED) is 0.593. The first-order valence-electron chi connectivity index (χ1n) is 5.82. The lowest BCUT2D eigenvalue weighted by Crippen LogP contribution is -2.21. The first-order valence-corrected chi connectivity index (χ1v) is 7.86. The maximum absolute atomic E-state index is 6.67. The van der Waals surface area contributed by atoms with Crippen molar-refractivity contribution in [2.45, 2.75) is 45.4 Å². The van der Waals surface area contributed by atoms with Crippen LogP contribution in [0.4, 0.5) is 0 Å². The SMILES string of the molecule is Cc1cc(C(Cl)C2CCCC2(C)C)sc1Br. The van der Waals surface area contributed by atoms with E-state index >= 15 is 0 Å². The van der Waals surface area contributed by atoms with Crippen LogP contribution in [0.5, 0.6) is 0 Å². The van der Waals surface area contributed by atoms with Gasteiger partial charge in [0.05, 0.1) is 9.16 Å². The van der Waals surface area contributed by atoms with Crippen LogP contribution in [0.15, 0.2) is 9.85 Å². The van der Waals surface area contributed by atoms with Crippen LogP contribution in [0.1, 0.15) is 48.9 Å². The molecular weight excluding hydrogens is 304 g/mol. The van der Waals surface area contributed by atoms with E-state index in [1.165, 1.54) is 33.5 Å². The first-order chi connectivity index (χ1) is 7.42. The summed E-state index contributed by atoms with van der Waals surface area (Å²) in [5, 5.41) is 0.188. The molecule has 1 aromatic rings. The molecule has 2 atom stereocenters. The zero-order valence-corrected chi connectivity index (χ0v) is 13.2. The van der Waals surface area contributed by atoms with E-state index < -0.39 is 0 Å². The summed E-state index contributed by atoms with van der Waals surface area (Å²) < 4.78 is 1.23. The third kappa shape index (κ3) is 2.34. The molecule has 0 bridgehead atoms. The van der Waals surface area contributed by atoms with E-state index in [0.717, 1.165) is 0 Å². The van der Waals surface area contributed by atoms with Gasteiger partial charge in [0.1, 0.15) is 0 Å². The van der Waals surface area contributed by atoms with Crippen LogP contribution >= 0.6 is 38.9 Å². The molecule has 2 rings (SSSR count). The third-order valence-electron chi connectivity index (χ3n) is 3.84. The van der Waals surface area contributed by atoms with Gasteiger partial charge in [0.25, 0.3) is 0 Å². The number of aryl methyl sites for hydroxylation is 1. The van der Waals surface area contributed by atoms with Crippen LogP contribution in [0.3, 0.4) is 0 Å². The predicted molar refractivity (Wildman–Crippen MR) is 76.5 cm³/mol. The van der Waals surface area contributed by atoms with Gasteiger partial charge >= 0.3 is 0 Å². The normalized spacial score (nSPS) is 25.9. The second-order valence-electron chi connectivity index (χ2n) is 5.49. The van der Waals surface area contributed by atoms with Crippen LogP contribution in [0, 0.1) is 18.3 Å². The summed E-state index contributed by atoms with van der Waals surface area (Å²) in [6.07, 6.45) is 3.91. The molecular formula is C13H18BrClS. The van der Waals surface area contributed by atoms with Crippen molar-refractivity contribution in [2.24, 2.45) is 11.3 Å². The van der Waals surface area contributed by atoms with E-state index in [4.69, 9.17) is 11.6 Å². The van der Waals surface area contributed by atoms with E-state index in [9.17, 15) is 0 Å². The van der Waals surface area contributed by atoms with Crippen molar-refractivity contribution in [1.29, 1.82) is 0 Å². The van der Waals surface area contributed by atoms with Gasteiger partial charge in [0.15, 0.2) is 0 Å². The highest BCUT2D eigenvalue weighted by molar-refractivity contribution is 9.11. The van der Waals surface area contributed by atoms with Gasteiger partial charge in [-0.05, 0) is 58.7 Å². The monoisotopic (exact) mass is 320 g/mol. The minimum Gasteiger partial charge on any atom is -0.131 e. The molecule has 3 heteroatoms. The van der Waals surface area contributed by atoms with Crippen molar-refractivity contribution in [3.63, 3.8) is 0 Å². The zero-order chi connectivity index (χ0) is 11.9. The Morgan fingerprint density at radius 3 is 2.69 bits per heavy atom. The molecule has 0 aliphatic heterocycles. The van der Waals surface area contributed by atoms with Crippen molar-refractivity contribution in [2.75, 3.05) is 0 Å². The van der Waals surface area contributed by atoms with Crippen LogP contribution in [0.25, 0.3) is 0 Å². The van der Waals surface area contributed by atoms with Gasteiger partial charge in [-0.2, -0.15) is 0 Å². The first kappa shape index (κ1) is 12.9. The fraction of sp³-hybridized carbons (Fsp3) is 0.692. The lowest BCUT2D eigenvalue weighted by molar-refractivity contribution is 0.253. The summed E-state index contributed by atoms with van der Waals surface area (Å²) in [6, 6.07) is 2.24. The lowest BCUT2D eigenvalue weighted by atomic mass is 9.79. The topological polar surface area (TPSA) is 0 Å². The van der Waals surface area contributed by atoms with Crippen LogP contribution < -0.4 is 0 Å². The van der Waals surface area contributed by atoms with Gasteiger partial charge in [-0.3, -0.25) is 0 Å². The van der Waals surface area contributed by atoms with Gasteiger partial charge < -0.3 is 0 Å². The third-order valence-corrected chi connectivity index (χ3v) is 6.73. The predicted octanol–water partition coefficient (Wildman–Crippen LogP) is 5.93. The minimum atomic E-state index is 0.188. The molecule has 0 nitrogen and oxygen atoms in total. The summed E-state index contributed by atoms with van der Waals surface area (Å²) in [5.41, 5.74) is 1.71. The molecule has 2 unspecified atom stereocenters. The average Bonchev–Trinajstić information content (AvgIpc) is 2.70.